The van der Waals surface area contributed by atoms with Crippen molar-refractivity contribution in [3.8, 4) is 22.8 Å². The molecule has 0 aliphatic rings. The van der Waals surface area contributed by atoms with Gasteiger partial charge in [-0.15, -0.1) is 0 Å². The number of carbonyl (C=O) groups is 1. The van der Waals surface area contributed by atoms with E-state index in [1.54, 1.807) is 30.3 Å². The van der Waals surface area contributed by atoms with E-state index in [2.05, 4.69) is 5.16 Å². The van der Waals surface area contributed by atoms with Gasteiger partial charge in [-0.3, -0.25) is 4.79 Å². The fourth-order valence-corrected chi connectivity index (χ4v) is 3.36. The van der Waals surface area contributed by atoms with Crippen molar-refractivity contribution in [1.82, 2.24) is 5.16 Å². The van der Waals surface area contributed by atoms with Crippen LogP contribution in [-0.4, -0.2) is 16.5 Å². The maximum Gasteiger partial charge on any atom is 0.167 e. The summed E-state index contributed by atoms with van der Waals surface area (Å²) in [5.74, 6) is 2.20. The zero-order valence-electron chi connectivity index (χ0n) is 20.2. The second-order valence-corrected chi connectivity index (χ2v) is 8.10. The molecular weight excluding hydrogens is 466 g/mol. The van der Waals surface area contributed by atoms with Crippen LogP contribution >= 0.6 is 0 Å². The topological polar surface area (TPSA) is 81.8 Å². The summed E-state index contributed by atoms with van der Waals surface area (Å²) < 4.78 is 16.5. The molecule has 6 nitrogen and oxygen atoms in total. The number of benzene rings is 4. The first kappa shape index (κ1) is 25.4. The van der Waals surface area contributed by atoms with Crippen LogP contribution in [-0.2, 0) is 19.8 Å². The van der Waals surface area contributed by atoms with Gasteiger partial charge in [0.15, 0.2) is 5.76 Å². The molecule has 0 spiro atoms. The number of hydrogen-bond donors (Lipinski definition) is 1. The van der Waals surface area contributed by atoms with E-state index in [1.165, 1.54) is 0 Å². The fourth-order valence-electron chi connectivity index (χ4n) is 3.36. The Morgan fingerprint density at radius 3 is 1.68 bits per heavy atom. The van der Waals surface area contributed by atoms with Crippen LogP contribution in [0.5, 0.6) is 11.5 Å². The van der Waals surface area contributed by atoms with Crippen molar-refractivity contribution in [2.45, 2.75) is 19.8 Å². The highest BCUT2D eigenvalue weighted by Gasteiger charge is 2.06. The van der Waals surface area contributed by atoms with E-state index in [-0.39, 0.29) is 6.61 Å². The van der Waals surface area contributed by atoms with Crippen LogP contribution in [0.15, 0.2) is 120 Å². The summed E-state index contributed by atoms with van der Waals surface area (Å²) in [5.41, 5.74) is 4.34. The molecule has 5 rings (SSSR count). The lowest BCUT2D eigenvalue weighted by molar-refractivity contribution is 0.112. The molecule has 0 bridgehead atoms. The number of aliphatic hydroxyl groups is 1. The summed E-state index contributed by atoms with van der Waals surface area (Å²) >= 11 is 0. The van der Waals surface area contributed by atoms with Crippen LogP contribution < -0.4 is 9.47 Å². The van der Waals surface area contributed by atoms with Crippen molar-refractivity contribution in [2.24, 2.45) is 0 Å². The minimum Gasteiger partial charge on any atom is -0.489 e. The molecule has 0 atom stereocenters. The molecule has 0 aliphatic carbocycles. The van der Waals surface area contributed by atoms with Crippen molar-refractivity contribution >= 4 is 6.29 Å². The van der Waals surface area contributed by atoms with Gasteiger partial charge in [-0.2, -0.15) is 0 Å². The first-order chi connectivity index (χ1) is 18.2. The Labute approximate surface area is 215 Å². The molecule has 4 aromatic carbocycles. The van der Waals surface area contributed by atoms with Gasteiger partial charge < -0.3 is 19.1 Å². The Morgan fingerprint density at radius 2 is 1.22 bits per heavy atom. The van der Waals surface area contributed by atoms with Crippen LogP contribution in [0, 0.1) is 0 Å². The third kappa shape index (κ3) is 7.92. The third-order valence-corrected chi connectivity index (χ3v) is 5.37. The molecule has 1 N–H and O–H groups in total. The molecule has 0 saturated heterocycles. The molecule has 6 heteroatoms. The number of carbonyl (C=O) groups excluding carboxylic acids is 1. The van der Waals surface area contributed by atoms with Gasteiger partial charge in [-0.25, -0.2) is 0 Å². The highest BCUT2D eigenvalue weighted by atomic mass is 16.5. The Morgan fingerprint density at radius 1 is 0.703 bits per heavy atom. The standard InChI is InChI=1S/C17H15NO3.C14H12O2/c19-11-15-10-17(21-18-15)14-6-8-16(9-7-14)20-12-13-4-2-1-3-5-13;15-10-12-6-8-14(9-7-12)16-11-13-4-2-1-3-5-13/h1-10,19H,11-12H2;1-10H,11H2. The van der Waals surface area contributed by atoms with E-state index in [0.29, 0.717) is 30.2 Å². The molecule has 0 unspecified atom stereocenters. The van der Waals surface area contributed by atoms with E-state index < -0.39 is 0 Å². The molecular formula is C31H27NO5. The predicted molar refractivity (Wildman–Crippen MR) is 141 cm³/mol. The molecule has 0 aliphatic heterocycles. The van der Waals surface area contributed by atoms with Gasteiger partial charge in [0.25, 0.3) is 0 Å². The number of aldehydes is 1. The van der Waals surface area contributed by atoms with Gasteiger partial charge in [-0.05, 0) is 59.7 Å². The number of ether oxygens (including phenoxy) is 2. The Kier molecular flexibility index (Phi) is 9.22. The van der Waals surface area contributed by atoms with E-state index in [4.69, 9.17) is 19.1 Å². The average Bonchev–Trinajstić information content (AvgIpc) is 3.47. The van der Waals surface area contributed by atoms with Gasteiger partial charge in [0.1, 0.15) is 36.7 Å². The van der Waals surface area contributed by atoms with E-state index in [0.717, 1.165) is 34.5 Å². The summed E-state index contributed by atoms with van der Waals surface area (Å²) in [6.45, 7) is 0.959. The summed E-state index contributed by atoms with van der Waals surface area (Å²) in [6, 6.07) is 36.4. The lowest BCUT2D eigenvalue weighted by Crippen LogP contribution is -1.94. The molecule has 37 heavy (non-hydrogen) atoms. The van der Waals surface area contributed by atoms with Gasteiger partial charge in [-0.1, -0.05) is 65.8 Å². The van der Waals surface area contributed by atoms with Gasteiger partial charge in [0.05, 0.1) is 6.61 Å². The van der Waals surface area contributed by atoms with Crippen molar-refractivity contribution in [3.63, 3.8) is 0 Å². The van der Waals surface area contributed by atoms with Crippen molar-refractivity contribution in [1.29, 1.82) is 0 Å². The zero-order valence-corrected chi connectivity index (χ0v) is 20.2. The smallest absolute Gasteiger partial charge is 0.167 e. The largest absolute Gasteiger partial charge is 0.489 e. The van der Waals surface area contributed by atoms with Gasteiger partial charge >= 0.3 is 0 Å². The molecule has 5 aromatic rings. The SMILES string of the molecule is O=Cc1ccc(OCc2ccccc2)cc1.OCc1cc(-c2ccc(OCc3ccccc3)cc2)on1. The predicted octanol–water partition coefficient (Wildman–Crippen LogP) is 6.49. The van der Waals surface area contributed by atoms with E-state index in [9.17, 15) is 4.79 Å². The Balaban J connectivity index is 0.000000180. The van der Waals surface area contributed by atoms with Crippen LogP contribution in [0.3, 0.4) is 0 Å². The fraction of sp³-hybridized carbons (Fsp3) is 0.0968. The lowest BCUT2D eigenvalue weighted by atomic mass is 10.1. The number of hydrogen-bond acceptors (Lipinski definition) is 6. The molecule has 0 radical (unpaired) electrons. The highest BCUT2D eigenvalue weighted by Crippen LogP contribution is 2.23. The van der Waals surface area contributed by atoms with E-state index in [1.807, 2.05) is 84.9 Å². The van der Waals surface area contributed by atoms with Gasteiger partial charge in [0, 0.05) is 17.2 Å². The summed E-state index contributed by atoms with van der Waals surface area (Å²) in [4.78, 5) is 10.5. The first-order valence-corrected chi connectivity index (χ1v) is 11.8. The second-order valence-electron chi connectivity index (χ2n) is 8.10. The number of aliphatic hydroxyl groups excluding tert-OH is 1. The van der Waals surface area contributed by atoms with Crippen LogP contribution in [0.1, 0.15) is 27.2 Å². The van der Waals surface area contributed by atoms with Crippen molar-refractivity contribution < 1.29 is 23.9 Å². The summed E-state index contributed by atoms with van der Waals surface area (Å²) in [5, 5.41) is 12.7. The zero-order chi connectivity index (χ0) is 25.7. The minimum absolute atomic E-state index is 0.123. The van der Waals surface area contributed by atoms with Gasteiger partial charge in [0.2, 0.25) is 0 Å². The molecule has 0 saturated carbocycles. The number of rotatable bonds is 9. The molecule has 0 amide bonds. The monoisotopic (exact) mass is 493 g/mol. The van der Waals surface area contributed by atoms with Crippen molar-refractivity contribution in [3.05, 3.63) is 138 Å². The third-order valence-electron chi connectivity index (χ3n) is 5.37. The molecule has 186 valence electrons. The Hall–Kier alpha value is -4.68. The normalized spacial score (nSPS) is 10.2. The van der Waals surface area contributed by atoms with E-state index >= 15 is 0 Å². The number of aromatic nitrogens is 1. The van der Waals surface area contributed by atoms with Crippen LogP contribution in [0.2, 0.25) is 0 Å². The average molecular weight is 494 g/mol. The maximum absolute atomic E-state index is 10.5. The number of nitrogens with zero attached hydrogens (tertiary/aromatic N) is 1. The first-order valence-electron chi connectivity index (χ1n) is 11.8. The molecule has 1 aromatic heterocycles. The maximum atomic E-state index is 10.5. The summed E-state index contributed by atoms with van der Waals surface area (Å²) in [7, 11) is 0. The van der Waals surface area contributed by atoms with Crippen molar-refractivity contribution in [2.75, 3.05) is 0 Å². The highest BCUT2D eigenvalue weighted by molar-refractivity contribution is 5.74. The quantitative estimate of drug-likeness (QED) is 0.236. The lowest BCUT2D eigenvalue weighted by Gasteiger charge is -2.06. The second kappa shape index (κ2) is 13.4. The van der Waals surface area contributed by atoms with Crippen LogP contribution in [0.4, 0.5) is 0 Å². The molecule has 0 fully saturated rings. The summed E-state index contributed by atoms with van der Waals surface area (Å²) in [6.07, 6.45) is 0.820. The molecule has 1 heterocycles. The Bertz CT molecular complexity index is 1350. The minimum atomic E-state index is -0.123. The van der Waals surface area contributed by atoms with Crippen LogP contribution in [0.25, 0.3) is 11.3 Å².